The molecule has 3 nitrogen and oxygen atoms in total. The van der Waals surface area contributed by atoms with Gasteiger partial charge in [0.1, 0.15) is 6.23 Å². The first-order valence-corrected chi connectivity index (χ1v) is 7.79. The van der Waals surface area contributed by atoms with Crippen LogP contribution in [-0.2, 0) is 9.09 Å². The van der Waals surface area contributed by atoms with Crippen LogP contribution in [0, 0.1) is 0 Å². The largest absolute Gasteiger partial charge is 0.302 e. The Morgan fingerprint density at radius 1 is 1.00 bits per heavy atom. The van der Waals surface area contributed by atoms with Gasteiger partial charge in [-0.2, -0.15) is 0 Å². The molecule has 0 aliphatic heterocycles. The van der Waals surface area contributed by atoms with Gasteiger partial charge < -0.3 is 10.3 Å². The molecule has 1 unspecified atom stereocenters. The van der Waals surface area contributed by atoms with Crippen LogP contribution in [0.3, 0.4) is 0 Å². The first-order valence-electron chi connectivity index (χ1n) is 5.72. The third kappa shape index (κ3) is 3.08. The van der Waals surface area contributed by atoms with Crippen LogP contribution in [-0.4, -0.2) is 6.66 Å². The van der Waals surface area contributed by atoms with Crippen molar-refractivity contribution in [3.05, 3.63) is 66.2 Å². The molecule has 0 fully saturated rings. The minimum absolute atomic E-state index is 0.677. The number of hydrogen-bond donors (Lipinski definition) is 1. The van der Waals surface area contributed by atoms with Crippen molar-refractivity contribution in [2.75, 3.05) is 6.66 Å². The molecule has 0 saturated carbocycles. The molecule has 0 spiro atoms. The van der Waals surface area contributed by atoms with Gasteiger partial charge in [-0.1, -0.05) is 48.5 Å². The minimum Gasteiger partial charge on any atom is -0.302 e. The lowest BCUT2D eigenvalue weighted by Gasteiger charge is -2.19. The normalized spacial score (nSPS) is 15.9. The smallest absolute Gasteiger partial charge is 0.230 e. The zero-order chi connectivity index (χ0) is 13.0. The van der Waals surface area contributed by atoms with E-state index >= 15 is 0 Å². The zero-order valence-electron chi connectivity index (χ0n) is 10.2. The molecule has 2 N–H and O–H groups in total. The van der Waals surface area contributed by atoms with E-state index in [1.54, 1.807) is 18.8 Å². The fourth-order valence-electron chi connectivity index (χ4n) is 1.68. The average molecular weight is 261 g/mol. The van der Waals surface area contributed by atoms with Gasteiger partial charge in [-0.3, -0.25) is 4.57 Å². The molecule has 0 aromatic heterocycles. The van der Waals surface area contributed by atoms with Gasteiger partial charge in [-0.05, 0) is 17.7 Å². The van der Waals surface area contributed by atoms with Crippen LogP contribution in [0.2, 0.25) is 0 Å². The maximum absolute atomic E-state index is 12.5. The quantitative estimate of drug-likeness (QED) is 0.680. The van der Waals surface area contributed by atoms with Gasteiger partial charge in [-0.15, -0.1) is 0 Å². The summed E-state index contributed by atoms with van der Waals surface area (Å²) in [6.07, 6.45) is -0.678. The molecule has 0 aliphatic carbocycles. The van der Waals surface area contributed by atoms with E-state index in [0.29, 0.717) is 5.30 Å². The number of benzene rings is 2. The molecular formula is C14H16NO2P. The first kappa shape index (κ1) is 13.0. The Labute approximate surface area is 107 Å². The molecule has 0 amide bonds. The van der Waals surface area contributed by atoms with Gasteiger partial charge in [0, 0.05) is 12.0 Å². The molecule has 2 atom stereocenters. The Kier molecular flexibility index (Phi) is 3.97. The number of nitrogens with two attached hydrogens (primary N) is 1. The van der Waals surface area contributed by atoms with E-state index in [1.165, 1.54) is 0 Å². The molecular weight excluding hydrogens is 245 g/mol. The fraction of sp³-hybridized carbons (Fsp3) is 0.143. The molecule has 0 saturated heterocycles. The standard InChI is InChI=1S/C14H16NO2P/c1-18(16,13-10-6-3-7-11-13)17-14(15)12-8-4-2-5-9-12/h2-11,14H,15H2,1H3/t14-,18?/m0/s1. The van der Waals surface area contributed by atoms with Crippen LogP contribution < -0.4 is 11.0 Å². The van der Waals surface area contributed by atoms with E-state index in [-0.39, 0.29) is 0 Å². The SMILES string of the molecule is CP(=O)(O[C@H](N)c1ccccc1)c1ccccc1. The van der Waals surface area contributed by atoms with Crippen LogP contribution >= 0.6 is 7.37 Å². The van der Waals surface area contributed by atoms with E-state index < -0.39 is 13.6 Å². The van der Waals surface area contributed by atoms with Crippen molar-refractivity contribution in [3.8, 4) is 0 Å². The summed E-state index contributed by atoms with van der Waals surface area (Å²) >= 11 is 0. The predicted octanol–water partition coefficient (Wildman–Crippen LogP) is 2.89. The highest BCUT2D eigenvalue weighted by Crippen LogP contribution is 2.44. The summed E-state index contributed by atoms with van der Waals surface area (Å²) in [5, 5.41) is 0.677. The molecule has 94 valence electrons. The van der Waals surface area contributed by atoms with Crippen molar-refractivity contribution < 1.29 is 9.09 Å². The van der Waals surface area contributed by atoms with Crippen LogP contribution in [0.5, 0.6) is 0 Å². The molecule has 4 heteroatoms. The summed E-state index contributed by atoms with van der Waals surface area (Å²) in [7, 11) is -2.89. The second-order valence-electron chi connectivity index (χ2n) is 4.12. The van der Waals surface area contributed by atoms with Gasteiger partial charge in [0.2, 0.25) is 7.37 Å². The van der Waals surface area contributed by atoms with Gasteiger partial charge in [-0.25, -0.2) is 0 Å². The van der Waals surface area contributed by atoms with E-state index in [2.05, 4.69) is 0 Å². The third-order valence-corrected chi connectivity index (χ3v) is 4.53. The average Bonchev–Trinajstić information content (AvgIpc) is 2.40. The third-order valence-electron chi connectivity index (χ3n) is 2.67. The highest BCUT2D eigenvalue weighted by Gasteiger charge is 2.22. The molecule has 0 heterocycles. The van der Waals surface area contributed by atoms with Crippen molar-refractivity contribution in [2.24, 2.45) is 5.73 Å². The Morgan fingerprint density at radius 3 is 2.06 bits per heavy atom. The molecule has 2 aromatic rings. The molecule has 2 aromatic carbocycles. The lowest BCUT2D eigenvalue weighted by atomic mass is 10.2. The highest BCUT2D eigenvalue weighted by molar-refractivity contribution is 7.66. The summed E-state index contributed by atoms with van der Waals surface area (Å²) in [5.41, 5.74) is 6.74. The van der Waals surface area contributed by atoms with Crippen LogP contribution in [0.4, 0.5) is 0 Å². The maximum atomic E-state index is 12.5. The highest BCUT2D eigenvalue weighted by atomic mass is 31.2. The van der Waals surface area contributed by atoms with E-state index in [1.807, 2.05) is 48.5 Å². The second kappa shape index (κ2) is 5.49. The van der Waals surface area contributed by atoms with Gasteiger partial charge in [0.25, 0.3) is 0 Å². The second-order valence-corrected chi connectivity index (χ2v) is 6.54. The first-order chi connectivity index (χ1) is 8.59. The lowest BCUT2D eigenvalue weighted by Crippen LogP contribution is -2.16. The Morgan fingerprint density at radius 2 is 1.50 bits per heavy atom. The summed E-state index contributed by atoms with van der Waals surface area (Å²) in [5.74, 6) is 0. The van der Waals surface area contributed by atoms with Crippen LogP contribution in [0.1, 0.15) is 11.8 Å². The predicted molar refractivity (Wildman–Crippen MR) is 74.1 cm³/mol. The molecule has 0 bridgehead atoms. The van der Waals surface area contributed by atoms with Crippen molar-refractivity contribution in [2.45, 2.75) is 6.23 Å². The van der Waals surface area contributed by atoms with E-state index in [4.69, 9.17) is 10.3 Å². The summed E-state index contributed by atoms with van der Waals surface area (Å²) in [6.45, 7) is 1.59. The van der Waals surface area contributed by atoms with Gasteiger partial charge >= 0.3 is 0 Å². The van der Waals surface area contributed by atoms with Crippen LogP contribution in [0.25, 0.3) is 0 Å². The van der Waals surface area contributed by atoms with Gasteiger partial charge in [0.05, 0.1) is 0 Å². The molecule has 18 heavy (non-hydrogen) atoms. The summed E-state index contributed by atoms with van der Waals surface area (Å²) in [6, 6.07) is 18.5. The zero-order valence-corrected chi connectivity index (χ0v) is 11.1. The monoisotopic (exact) mass is 261 g/mol. The Hall–Kier alpha value is -1.41. The number of rotatable bonds is 4. The van der Waals surface area contributed by atoms with Crippen molar-refractivity contribution in [1.29, 1.82) is 0 Å². The molecule has 0 radical (unpaired) electrons. The van der Waals surface area contributed by atoms with Crippen molar-refractivity contribution in [1.82, 2.24) is 0 Å². The summed E-state index contributed by atoms with van der Waals surface area (Å²) in [4.78, 5) is 0. The van der Waals surface area contributed by atoms with Crippen molar-refractivity contribution in [3.63, 3.8) is 0 Å². The summed E-state index contributed by atoms with van der Waals surface area (Å²) < 4.78 is 18.0. The van der Waals surface area contributed by atoms with Crippen LogP contribution in [0.15, 0.2) is 60.7 Å². The lowest BCUT2D eigenvalue weighted by molar-refractivity contribution is 0.223. The topological polar surface area (TPSA) is 52.3 Å². The Balaban J connectivity index is 2.17. The fourth-order valence-corrected chi connectivity index (χ4v) is 3.07. The molecule has 2 rings (SSSR count). The van der Waals surface area contributed by atoms with Gasteiger partial charge in [0.15, 0.2) is 0 Å². The maximum Gasteiger partial charge on any atom is 0.230 e. The number of hydrogen-bond acceptors (Lipinski definition) is 3. The van der Waals surface area contributed by atoms with Crippen molar-refractivity contribution >= 4 is 12.7 Å². The minimum atomic E-state index is -2.89. The van der Waals surface area contributed by atoms with E-state index in [9.17, 15) is 4.57 Å². The molecule has 0 aliphatic rings. The Bertz CT molecular complexity index is 542. The van der Waals surface area contributed by atoms with E-state index in [0.717, 1.165) is 5.56 Å².